The van der Waals surface area contributed by atoms with Crippen LogP contribution in [0, 0.1) is 0 Å². The number of carbonyl (C=O) groups is 1. The Kier molecular flexibility index (Phi) is 7.66. The Labute approximate surface area is 138 Å². The Bertz CT molecular complexity index is 474. The Hall–Kier alpha value is -1.82. The number of anilines is 1. The van der Waals surface area contributed by atoms with Crippen molar-refractivity contribution in [3.8, 4) is 5.88 Å². The van der Waals surface area contributed by atoms with E-state index in [4.69, 9.17) is 9.47 Å². The van der Waals surface area contributed by atoms with Crippen molar-refractivity contribution < 1.29 is 14.3 Å². The summed E-state index contributed by atoms with van der Waals surface area (Å²) in [5.74, 6) is 0.414. The summed E-state index contributed by atoms with van der Waals surface area (Å²) in [5.41, 5.74) is 0.576. The fourth-order valence-electron chi connectivity index (χ4n) is 2.77. The van der Waals surface area contributed by atoms with Crippen molar-refractivity contribution in [2.24, 2.45) is 0 Å². The lowest BCUT2D eigenvalue weighted by molar-refractivity contribution is 0.144. The van der Waals surface area contributed by atoms with Gasteiger partial charge in [-0.05, 0) is 25.0 Å². The number of hydrogen-bond donors (Lipinski definition) is 2. The third kappa shape index (κ3) is 6.44. The summed E-state index contributed by atoms with van der Waals surface area (Å²) >= 11 is 0. The number of ether oxygens (including phenoxy) is 2. The Morgan fingerprint density at radius 1 is 1.22 bits per heavy atom. The van der Waals surface area contributed by atoms with E-state index >= 15 is 0 Å². The van der Waals surface area contributed by atoms with Crippen LogP contribution in [-0.4, -0.2) is 37.4 Å². The Morgan fingerprint density at radius 3 is 2.70 bits per heavy atom. The highest BCUT2D eigenvalue weighted by atomic mass is 16.5. The van der Waals surface area contributed by atoms with Crippen molar-refractivity contribution in [2.75, 3.05) is 25.6 Å². The predicted octanol–water partition coefficient (Wildman–Crippen LogP) is 3.34. The molecule has 1 heterocycles. The normalized spacial score (nSPS) is 16.2. The fourth-order valence-corrected chi connectivity index (χ4v) is 2.77. The molecule has 0 saturated heterocycles. The molecular weight excluding hydrogens is 294 g/mol. The van der Waals surface area contributed by atoms with Gasteiger partial charge in [0.2, 0.25) is 5.88 Å². The molecule has 0 spiro atoms. The molecule has 0 atom stereocenters. The number of amides is 2. The molecule has 6 nitrogen and oxygen atoms in total. The summed E-state index contributed by atoms with van der Waals surface area (Å²) in [4.78, 5) is 16.4. The molecule has 1 aliphatic rings. The van der Waals surface area contributed by atoms with Crippen molar-refractivity contribution in [2.45, 2.75) is 51.0 Å². The second-order valence-corrected chi connectivity index (χ2v) is 5.84. The second-order valence-electron chi connectivity index (χ2n) is 5.84. The largest absolute Gasteiger partial charge is 0.474 e. The quantitative estimate of drug-likeness (QED) is 0.788. The molecule has 6 heteroatoms. The third-order valence-electron chi connectivity index (χ3n) is 3.99. The maximum absolute atomic E-state index is 12.2. The van der Waals surface area contributed by atoms with E-state index < -0.39 is 0 Å². The molecule has 1 fully saturated rings. The number of rotatable bonds is 6. The fraction of sp³-hybridized carbons (Fsp3) is 0.647. The lowest BCUT2D eigenvalue weighted by Crippen LogP contribution is -2.38. The first kappa shape index (κ1) is 17.5. The average Bonchev–Trinajstić information content (AvgIpc) is 2.52. The van der Waals surface area contributed by atoms with E-state index in [-0.39, 0.29) is 12.1 Å². The number of urea groups is 1. The van der Waals surface area contributed by atoms with Gasteiger partial charge in [0.25, 0.3) is 0 Å². The monoisotopic (exact) mass is 321 g/mol. The molecule has 0 aliphatic heterocycles. The van der Waals surface area contributed by atoms with Gasteiger partial charge in [0.05, 0.1) is 6.61 Å². The zero-order valence-electron chi connectivity index (χ0n) is 13.8. The molecule has 1 aliphatic carbocycles. The molecule has 1 saturated carbocycles. The van der Waals surface area contributed by atoms with Gasteiger partial charge in [-0.2, -0.15) is 0 Å². The smallest absolute Gasteiger partial charge is 0.319 e. The van der Waals surface area contributed by atoms with Gasteiger partial charge in [0, 0.05) is 19.3 Å². The van der Waals surface area contributed by atoms with Gasteiger partial charge in [0.1, 0.15) is 12.3 Å². The van der Waals surface area contributed by atoms with Crippen LogP contribution in [0.1, 0.15) is 44.9 Å². The van der Waals surface area contributed by atoms with E-state index in [9.17, 15) is 4.79 Å². The van der Waals surface area contributed by atoms with Crippen LogP contribution in [0.5, 0.6) is 5.88 Å². The Morgan fingerprint density at radius 2 is 1.96 bits per heavy atom. The van der Waals surface area contributed by atoms with Gasteiger partial charge in [0.15, 0.2) is 0 Å². The van der Waals surface area contributed by atoms with Gasteiger partial charge in [-0.25, -0.2) is 9.78 Å². The molecule has 1 aromatic rings. The summed E-state index contributed by atoms with van der Waals surface area (Å²) in [5, 5.41) is 5.91. The van der Waals surface area contributed by atoms with Crippen LogP contribution in [0.25, 0.3) is 0 Å². The molecule has 1 aromatic heterocycles. The van der Waals surface area contributed by atoms with Gasteiger partial charge in [-0.3, -0.25) is 0 Å². The molecule has 2 rings (SSSR count). The lowest BCUT2D eigenvalue weighted by Gasteiger charge is -2.21. The summed E-state index contributed by atoms with van der Waals surface area (Å²) in [6.07, 6.45) is 9.96. The highest BCUT2D eigenvalue weighted by Gasteiger charge is 2.15. The molecule has 0 radical (unpaired) electrons. The van der Waals surface area contributed by atoms with Crippen molar-refractivity contribution in [1.29, 1.82) is 0 Å². The van der Waals surface area contributed by atoms with E-state index in [1.165, 1.54) is 32.1 Å². The first-order valence-corrected chi connectivity index (χ1v) is 8.44. The first-order valence-electron chi connectivity index (χ1n) is 8.44. The van der Waals surface area contributed by atoms with Crippen molar-refractivity contribution in [3.63, 3.8) is 0 Å². The molecule has 0 aromatic carbocycles. The van der Waals surface area contributed by atoms with Crippen LogP contribution in [-0.2, 0) is 4.74 Å². The zero-order chi connectivity index (χ0) is 16.3. The molecule has 128 valence electrons. The SMILES string of the molecule is COCCOc1ncccc1NC(=O)NC1CCCCCCC1. The van der Waals surface area contributed by atoms with Crippen LogP contribution in [0.3, 0.4) is 0 Å². The van der Waals surface area contributed by atoms with Gasteiger partial charge >= 0.3 is 6.03 Å². The topological polar surface area (TPSA) is 72.5 Å². The van der Waals surface area contributed by atoms with Crippen molar-refractivity contribution in [1.82, 2.24) is 10.3 Å². The average molecular weight is 321 g/mol. The summed E-state index contributed by atoms with van der Waals surface area (Å²) in [6, 6.07) is 3.62. The first-order chi connectivity index (χ1) is 11.3. The van der Waals surface area contributed by atoms with Crippen LogP contribution in [0.15, 0.2) is 18.3 Å². The van der Waals surface area contributed by atoms with Crippen LogP contribution in [0.4, 0.5) is 10.5 Å². The highest BCUT2D eigenvalue weighted by Crippen LogP contribution is 2.21. The number of hydrogen-bond acceptors (Lipinski definition) is 4. The third-order valence-corrected chi connectivity index (χ3v) is 3.99. The van der Waals surface area contributed by atoms with E-state index in [0.29, 0.717) is 24.8 Å². The molecule has 0 bridgehead atoms. The highest BCUT2D eigenvalue weighted by molar-refractivity contribution is 5.90. The number of methoxy groups -OCH3 is 1. The summed E-state index contributed by atoms with van der Waals surface area (Å²) in [6.45, 7) is 0.872. The maximum Gasteiger partial charge on any atom is 0.319 e. The number of pyridine rings is 1. The van der Waals surface area contributed by atoms with Gasteiger partial charge < -0.3 is 20.1 Å². The molecule has 2 amide bonds. The van der Waals surface area contributed by atoms with E-state index in [0.717, 1.165) is 12.8 Å². The van der Waals surface area contributed by atoms with E-state index in [2.05, 4.69) is 15.6 Å². The molecular formula is C17H27N3O3. The number of nitrogens with zero attached hydrogens (tertiary/aromatic N) is 1. The van der Waals surface area contributed by atoms with Crippen molar-refractivity contribution in [3.05, 3.63) is 18.3 Å². The molecule has 0 unspecified atom stereocenters. The van der Waals surface area contributed by atoms with Gasteiger partial charge in [-0.15, -0.1) is 0 Å². The van der Waals surface area contributed by atoms with Gasteiger partial charge in [-0.1, -0.05) is 32.1 Å². The molecule has 2 N–H and O–H groups in total. The molecule has 23 heavy (non-hydrogen) atoms. The van der Waals surface area contributed by atoms with Crippen LogP contribution >= 0.6 is 0 Å². The number of nitrogens with one attached hydrogen (secondary N) is 2. The minimum absolute atomic E-state index is 0.194. The summed E-state index contributed by atoms with van der Waals surface area (Å²) in [7, 11) is 1.61. The number of carbonyl (C=O) groups excluding carboxylic acids is 1. The zero-order valence-corrected chi connectivity index (χ0v) is 13.8. The van der Waals surface area contributed by atoms with Crippen LogP contribution < -0.4 is 15.4 Å². The summed E-state index contributed by atoms with van der Waals surface area (Å²) < 4.78 is 10.5. The Balaban J connectivity index is 1.86. The van der Waals surface area contributed by atoms with E-state index in [1.54, 1.807) is 25.4 Å². The minimum atomic E-state index is -0.194. The van der Waals surface area contributed by atoms with Crippen LogP contribution in [0.2, 0.25) is 0 Å². The second kappa shape index (κ2) is 10.0. The maximum atomic E-state index is 12.2. The lowest BCUT2D eigenvalue weighted by atomic mass is 9.97. The standard InChI is InChI=1S/C17H27N3O3/c1-22-12-13-23-16-15(10-7-11-18-16)20-17(21)19-14-8-5-3-2-4-6-9-14/h7,10-11,14H,2-6,8-9,12-13H2,1H3,(H2,19,20,21). The minimum Gasteiger partial charge on any atom is -0.474 e. The predicted molar refractivity (Wildman–Crippen MR) is 89.9 cm³/mol. The number of aromatic nitrogens is 1. The van der Waals surface area contributed by atoms with E-state index in [1.807, 2.05) is 0 Å². The van der Waals surface area contributed by atoms with Crippen molar-refractivity contribution >= 4 is 11.7 Å².